The van der Waals surface area contributed by atoms with Crippen molar-refractivity contribution in [2.75, 3.05) is 32.2 Å². The van der Waals surface area contributed by atoms with Gasteiger partial charge in [-0.2, -0.15) is 0 Å². The summed E-state index contributed by atoms with van der Waals surface area (Å²) in [5.41, 5.74) is 0.0817. The summed E-state index contributed by atoms with van der Waals surface area (Å²) in [5, 5.41) is 0.497. The molecule has 0 saturated carbocycles. The summed E-state index contributed by atoms with van der Waals surface area (Å²) >= 11 is 25.5. The average Bonchev–Trinajstić information content (AvgIpc) is 3.02. The van der Waals surface area contributed by atoms with Gasteiger partial charge in [0.05, 0.1) is 21.2 Å². The van der Waals surface area contributed by atoms with Crippen molar-refractivity contribution in [3.8, 4) is 0 Å². The van der Waals surface area contributed by atoms with Gasteiger partial charge >= 0.3 is 11.9 Å². The van der Waals surface area contributed by atoms with E-state index in [0.717, 1.165) is 31.4 Å². The van der Waals surface area contributed by atoms with Crippen molar-refractivity contribution in [3.05, 3.63) is 99.5 Å². The molecule has 0 saturated heterocycles. The van der Waals surface area contributed by atoms with E-state index in [-0.39, 0.29) is 34.3 Å². The van der Waals surface area contributed by atoms with E-state index in [4.69, 9.17) is 65.4 Å². The van der Waals surface area contributed by atoms with Gasteiger partial charge in [0.1, 0.15) is 12.2 Å². The number of carbonyl (C=O) groups excluding carboxylic acids is 2. The minimum Gasteiger partial charge on any atom is -0.439 e. The Kier molecular flexibility index (Phi) is 15.1. The number of hydrogen-bond donors (Lipinski definition) is 0. The molecule has 3 rings (SSSR count). The van der Waals surface area contributed by atoms with Crippen LogP contribution in [0.3, 0.4) is 0 Å². The molecule has 0 aliphatic carbocycles. The van der Waals surface area contributed by atoms with Gasteiger partial charge in [-0.25, -0.2) is 9.59 Å². The lowest BCUT2D eigenvalue weighted by Crippen LogP contribution is -2.46. The third-order valence-electron chi connectivity index (χ3n) is 6.99. The fourth-order valence-corrected chi connectivity index (χ4v) is 5.39. The number of nitrogens with zero attached hydrogens (tertiary/aromatic N) is 1. The molecule has 3 aromatic rings. The minimum atomic E-state index is -1.16. The Labute approximate surface area is 279 Å². The van der Waals surface area contributed by atoms with E-state index in [2.05, 4.69) is 19.1 Å². The molecule has 0 bridgehead atoms. The summed E-state index contributed by atoms with van der Waals surface area (Å²) in [4.78, 5) is 27.5. The van der Waals surface area contributed by atoms with Crippen molar-refractivity contribution in [2.24, 2.45) is 0 Å². The number of alkyl halides is 2. The number of halogens is 4. The first-order valence-electron chi connectivity index (χ1n) is 14.3. The maximum absolute atomic E-state index is 12.8. The molecule has 0 aromatic heterocycles. The molecule has 3 aromatic carbocycles. The predicted octanol–water partition coefficient (Wildman–Crippen LogP) is 8.41. The van der Waals surface area contributed by atoms with Gasteiger partial charge in [-0.15, -0.1) is 0 Å². The standard InChI is InChI=1S/C33H37Cl4NO6/c1-4-5-6-11-22-16-18-23(19-17-22)38(20-28(41-2)30(36)43-32(39)24-12-7-9-14-26(24)34)21-29(42-3)31(37)44-33(40)25-13-8-10-15-27(25)35/h7-10,12-19,28-31H,4-6,11,20-21H2,1-3H3. The van der Waals surface area contributed by atoms with Gasteiger partial charge in [0, 0.05) is 33.0 Å². The molecule has 0 fully saturated rings. The van der Waals surface area contributed by atoms with Crippen LogP contribution in [0.1, 0.15) is 52.5 Å². The molecule has 0 amide bonds. The van der Waals surface area contributed by atoms with Crippen LogP contribution >= 0.6 is 46.4 Å². The number of ether oxygens (including phenoxy) is 4. The van der Waals surface area contributed by atoms with Gasteiger partial charge in [0.25, 0.3) is 0 Å². The molecule has 4 unspecified atom stereocenters. The molecular formula is C33H37Cl4NO6. The van der Waals surface area contributed by atoms with Gasteiger partial charge in [-0.1, -0.05) is 103 Å². The van der Waals surface area contributed by atoms with Crippen LogP contribution in [0, 0.1) is 0 Å². The molecule has 0 aliphatic rings. The van der Waals surface area contributed by atoms with Crippen LogP contribution in [0.4, 0.5) is 5.69 Å². The second-order valence-electron chi connectivity index (χ2n) is 10.0. The first-order chi connectivity index (χ1) is 21.2. The van der Waals surface area contributed by atoms with Crippen LogP contribution in [-0.2, 0) is 25.4 Å². The zero-order valence-electron chi connectivity index (χ0n) is 24.9. The number of esters is 2. The van der Waals surface area contributed by atoms with Crippen molar-refractivity contribution in [2.45, 2.75) is 55.9 Å². The largest absolute Gasteiger partial charge is 0.439 e. The number of carbonyl (C=O) groups is 2. The SMILES string of the molecule is CCCCCc1ccc(N(CC(OC)C(Cl)OC(=O)c2ccccc2Cl)CC(OC)C(Cl)OC(=O)c2ccccc2Cl)cc1. The highest BCUT2D eigenvalue weighted by molar-refractivity contribution is 6.34. The molecular weight excluding hydrogens is 648 g/mol. The number of benzene rings is 3. The number of unbranched alkanes of at least 4 members (excludes halogenated alkanes) is 2. The lowest BCUT2D eigenvalue weighted by atomic mass is 10.1. The maximum atomic E-state index is 12.8. The summed E-state index contributed by atoms with van der Waals surface area (Å²) in [6.45, 7) is 2.53. The predicted molar refractivity (Wildman–Crippen MR) is 176 cm³/mol. The van der Waals surface area contributed by atoms with E-state index < -0.39 is 35.3 Å². The highest BCUT2D eigenvalue weighted by atomic mass is 35.5. The second kappa shape index (κ2) is 18.4. The minimum absolute atomic E-state index is 0.178. The van der Waals surface area contributed by atoms with Gasteiger partial charge < -0.3 is 23.8 Å². The third-order valence-corrected chi connectivity index (χ3v) is 8.39. The third kappa shape index (κ3) is 10.5. The molecule has 0 heterocycles. The Bertz CT molecular complexity index is 1270. The van der Waals surface area contributed by atoms with Crippen LogP contribution < -0.4 is 4.90 Å². The quantitative estimate of drug-likeness (QED) is 0.0803. The van der Waals surface area contributed by atoms with Gasteiger partial charge in [0.15, 0.2) is 0 Å². The van der Waals surface area contributed by atoms with Crippen molar-refractivity contribution >= 4 is 64.0 Å². The van der Waals surface area contributed by atoms with Gasteiger partial charge in [-0.3, -0.25) is 0 Å². The van der Waals surface area contributed by atoms with Crippen molar-refractivity contribution in [1.29, 1.82) is 0 Å². The molecule has 0 aliphatic heterocycles. The number of methoxy groups -OCH3 is 2. The summed E-state index contributed by atoms with van der Waals surface area (Å²) in [5.74, 6) is -1.36. The van der Waals surface area contributed by atoms with Crippen molar-refractivity contribution < 1.29 is 28.5 Å². The van der Waals surface area contributed by atoms with E-state index in [1.54, 1.807) is 48.5 Å². The molecule has 44 heavy (non-hydrogen) atoms. The fourth-order valence-electron chi connectivity index (χ4n) is 4.44. The van der Waals surface area contributed by atoms with E-state index in [9.17, 15) is 9.59 Å². The van der Waals surface area contributed by atoms with Gasteiger partial charge in [0.2, 0.25) is 11.1 Å². The maximum Gasteiger partial charge on any atom is 0.341 e. The molecule has 4 atom stereocenters. The van der Waals surface area contributed by atoms with Crippen LogP contribution in [0.5, 0.6) is 0 Å². The Hall–Kier alpha value is -2.52. The lowest BCUT2D eigenvalue weighted by molar-refractivity contribution is -0.00939. The highest BCUT2D eigenvalue weighted by Gasteiger charge is 2.31. The summed E-state index contributed by atoms with van der Waals surface area (Å²) in [6.07, 6.45) is 2.83. The second-order valence-corrected chi connectivity index (χ2v) is 11.7. The van der Waals surface area contributed by atoms with E-state index in [1.165, 1.54) is 19.8 Å². The average molecular weight is 685 g/mol. The normalized spacial score (nSPS) is 13.9. The van der Waals surface area contributed by atoms with Crippen LogP contribution in [0.15, 0.2) is 72.8 Å². The topological polar surface area (TPSA) is 74.3 Å². The number of hydrogen-bond acceptors (Lipinski definition) is 7. The molecule has 238 valence electrons. The zero-order valence-corrected chi connectivity index (χ0v) is 27.9. The van der Waals surface area contributed by atoms with E-state index >= 15 is 0 Å². The molecule has 11 heteroatoms. The Balaban J connectivity index is 1.80. The van der Waals surface area contributed by atoms with Crippen LogP contribution in [0.2, 0.25) is 10.0 Å². The Morgan fingerprint density at radius 1 is 0.705 bits per heavy atom. The monoisotopic (exact) mass is 683 g/mol. The fraction of sp³-hybridized carbons (Fsp3) is 0.394. The van der Waals surface area contributed by atoms with E-state index in [1.807, 2.05) is 17.0 Å². The van der Waals surface area contributed by atoms with Crippen LogP contribution in [0.25, 0.3) is 0 Å². The number of anilines is 1. The molecule has 0 N–H and O–H groups in total. The first kappa shape index (κ1) is 36.0. The lowest BCUT2D eigenvalue weighted by Gasteiger charge is -2.34. The van der Waals surface area contributed by atoms with Gasteiger partial charge in [-0.05, 0) is 54.8 Å². The first-order valence-corrected chi connectivity index (χ1v) is 15.9. The molecule has 7 nitrogen and oxygen atoms in total. The zero-order chi connectivity index (χ0) is 32.1. The molecule has 0 radical (unpaired) electrons. The van der Waals surface area contributed by atoms with Crippen molar-refractivity contribution in [3.63, 3.8) is 0 Å². The smallest absolute Gasteiger partial charge is 0.341 e. The number of aryl methyl sites for hydroxylation is 1. The van der Waals surface area contributed by atoms with Crippen LogP contribution in [-0.4, -0.2) is 62.6 Å². The summed E-state index contributed by atoms with van der Waals surface area (Å²) in [7, 11) is 2.95. The summed E-state index contributed by atoms with van der Waals surface area (Å²) in [6, 6.07) is 21.2. The van der Waals surface area contributed by atoms with Crippen molar-refractivity contribution in [1.82, 2.24) is 0 Å². The highest BCUT2D eigenvalue weighted by Crippen LogP contribution is 2.25. The summed E-state index contributed by atoms with van der Waals surface area (Å²) < 4.78 is 22.4. The Morgan fingerprint density at radius 3 is 1.57 bits per heavy atom. The Morgan fingerprint density at radius 2 is 1.16 bits per heavy atom. The number of rotatable bonds is 17. The molecule has 0 spiro atoms. The van der Waals surface area contributed by atoms with E-state index in [0.29, 0.717) is 0 Å².